The second-order valence-electron chi connectivity index (χ2n) is 4.38. The molecule has 0 aromatic carbocycles. The number of hydrogen-bond acceptors (Lipinski definition) is 5. The smallest absolute Gasteiger partial charge is 0.308 e. The number of aliphatic carboxylic acids is 1. The van der Waals surface area contributed by atoms with E-state index >= 15 is 0 Å². The van der Waals surface area contributed by atoms with Gasteiger partial charge in [-0.1, -0.05) is 0 Å². The number of carboxylic acid groups (broad SMARTS) is 1. The van der Waals surface area contributed by atoms with E-state index in [-0.39, 0.29) is 6.04 Å². The molecule has 5 nitrogen and oxygen atoms in total. The van der Waals surface area contributed by atoms with Crippen LogP contribution in [0.1, 0.15) is 19.4 Å². The zero-order valence-electron chi connectivity index (χ0n) is 10.5. The number of hydrogen-bond donors (Lipinski definition) is 2. The van der Waals surface area contributed by atoms with Gasteiger partial charge in [-0.2, -0.15) is 0 Å². The van der Waals surface area contributed by atoms with Crippen LogP contribution in [0.2, 0.25) is 0 Å². The van der Waals surface area contributed by atoms with Crippen molar-refractivity contribution in [2.45, 2.75) is 26.8 Å². The van der Waals surface area contributed by atoms with Gasteiger partial charge >= 0.3 is 5.97 Å². The molecule has 18 heavy (non-hydrogen) atoms. The van der Waals surface area contributed by atoms with E-state index in [2.05, 4.69) is 15.3 Å². The lowest BCUT2D eigenvalue weighted by Gasteiger charge is -2.18. The fraction of sp³-hybridized carbons (Fsp3) is 0.417. The fourth-order valence-corrected chi connectivity index (χ4v) is 2.58. The lowest BCUT2D eigenvalue weighted by molar-refractivity contribution is -0.141. The minimum Gasteiger partial charge on any atom is -0.481 e. The molecule has 6 heteroatoms. The Morgan fingerprint density at radius 1 is 1.44 bits per heavy atom. The SMILES string of the molecule is Cc1csc2c(NC(C)C(C)C(=O)O)ncnc12. The predicted molar refractivity (Wildman–Crippen MR) is 72.0 cm³/mol. The summed E-state index contributed by atoms with van der Waals surface area (Å²) in [6.07, 6.45) is 1.50. The Balaban J connectivity index is 2.29. The van der Waals surface area contributed by atoms with Gasteiger partial charge < -0.3 is 10.4 Å². The van der Waals surface area contributed by atoms with Crippen molar-refractivity contribution in [3.63, 3.8) is 0 Å². The third-order valence-corrected chi connectivity index (χ3v) is 4.13. The number of fused-ring (bicyclic) bond motifs is 1. The molecule has 2 rings (SSSR count). The van der Waals surface area contributed by atoms with Gasteiger partial charge in [0.25, 0.3) is 0 Å². The Morgan fingerprint density at radius 2 is 2.17 bits per heavy atom. The standard InChI is InChI=1S/C12H15N3O2S/c1-6-4-18-10-9(6)13-5-14-11(10)15-8(3)7(2)12(16)17/h4-5,7-8H,1-3H3,(H,16,17)(H,13,14,15). The highest BCUT2D eigenvalue weighted by Gasteiger charge is 2.20. The molecule has 2 unspecified atom stereocenters. The Morgan fingerprint density at radius 3 is 2.83 bits per heavy atom. The van der Waals surface area contributed by atoms with E-state index in [0.29, 0.717) is 5.82 Å². The van der Waals surface area contributed by atoms with E-state index in [4.69, 9.17) is 5.11 Å². The maximum atomic E-state index is 10.9. The molecular weight excluding hydrogens is 250 g/mol. The molecule has 96 valence electrons. The van der Waals surface area contributed by atoms with E-state index < -0.39 is 11.9 Å². The predicted octanol–water partition coefficient (Wildman–Crippen LogP) is 2.52. The van der Waals surface area contributed by atoms with Gasteiger partial charge in [0.15, 0.2) is 0 Å². The van der Waals surface area contributed by atoms with Crippen LogP contribution in [0.25, 0.3) is 10.2 Å². The summed E-state index contributed by atoms with van der Waals surface area (Å²) >= 11 is 1.57. The molecule has 2 heterocycles. The van der Waals surface area contributed by atoms with Crippen LogP contribution in [0, 0.1) is 12.8 Å². The average molecular weight is 265 g/mol. The summed E-state index contributed by atoms with van der Waals surface area (Å²) in [5, 5.41) is 14.2. The number of nitrogens with zero attached hydrogens (tertiary/aromatic N) is 2. The molecule has 0 bridgehead atoms. The van der Waals surface area contributed by atoms with Crippen molar-refractivity contribution in [3.05, 3.63) is 17.3 Å². The number of carboxylic acids is 1. The Labute approximate surface area is 109 Å². The highest BCUT2D eigenvalue weighted by atomic mass is 32.1. The molecular formula is C12H15N3O2S. The highest BCUT2D eigenvalue weighted by molar-refractivity contribution is 7.18. The van der Waals surface area contributed by atoms with Gasteiger partial charge in [0, 0.05) is 6.04 Å². The van der Waals surface area contributed by atoms with Crippen LogP contribution >= 0.6 is 11.3 Å². The molecule has 0 fully saturated rings. The first-order valence-corrected chi connectivity index (χ1v) is 6.56. The Kier molecular flexibility index (Phi) is 3.47. The molecule has 0 spiro atoms. The normalized spacial score (nSPS) is 14.4. The highest BCUT2D eigenvalue weighted by Crippen LogP contribution is 2.29. The summed E-state index contributed by atoms with van der Waals surface area (Å²) in [7, 11) is 0. The fourth-order valence-electron chi connectivity index (χ4n) is 1.63. The molecule has 2 aromatic rings. The van der Waals surface area contributed by atoms with Gasteiger partial charge in [-0.15, -0.1) is 11.3 Å². The molecule has 0 saturated carbocycles. The van der Waals surface area contributed by atoms with Gasteiger partial charge in [0.2, 0.25) is 0 Å². The summed E-state index contributed by atoms with van der Waals surface area (Å²) in [5.41, 5.74) is 2.03. The Bertz CT molecular complexity index is 582. The molecule has 0 aliphatic heterocycles. The van der Waals surface area contributed by atoms with Crippen LogP contribution in [-0.4, -0.2) is 27.1 Å². The number of thiophene rings is 1. The van der Waals surface area contributed by atoms with Crippen molar-refractivity contribution in [2.75, 3.05) is 5.32 Å². The maximum absolute atomic E-state index is 10.9. The van der Waals surface area contributed by atoms with Crippen LogP contribution < -0.4 is 5.32 Å². The zero-order valence-corrected chi connectivity index (χ0v) is 11.3. The van der Waals surface area contributed by atoms with E-state index in [1.165, 1.54) is 6.33 Å². The molecule has 0 amide bonds. The van der Waals surface area contributed by atoms with Gasteiger partial charge in [0.05, 0.1) is 16.1 Å². The summed E-state index contributed by atoms with van der Waals surface area (Å²) in [6.45, 7) is 5.52. The van der Waals surface area contributed by atoms with Gasteiger partial charge in [0.1, 0.15) is 12.1 Å². The quantitative estimate of drug-likeness (QED) is 0.888. The van der Waals surface area contributed by atoms with Crippen LogP contribution in [0.4, 0.5) is 5.82 Å². The summed E-state index contributed by atoms with van der Waals surface area (Å²) in [6, 6.07) is -0.192. The zero-order chi connectivity index (χ0) is 13.3. The lowest BCUT2D eigenvalue weighted by atomic mass is 10.0. The first-order valence-electron chi connectivity index (χ1n) is 5.69. The first-order chi connectivity index (χ1) is 8.50. The number of rotatable bonds is 4. The summed E-state index contributed by atoms with van der Waals surface area (Å²) in [5.74, 6) is -0.586. The van der Waals surface area contributed by atoms with Crippen molar-refractivity contribution in [1.82, 2.24) is 9.97 Å². The van der Waals surface area contributed by atoms with Crippen LogP contribution in [0.5, 0.6) is 0 Å². The van der Waals surface area contributed by atoms with E-state index in [1.807, 2.05) is 19.2 Å². The van der Waals surface area contributed by atoms with Crippen LogP contribution in [0.15, 0.2) is 11.7 Å². The van der Waals surface area contributed by atoms with E-state index in [1.54, 1.807) is 18.3 Å². The molecule has 0 saturated heterocycles. The molecule has 2 atom stereocenters. The number of anilines is 1. The lowest BCUT2D eigenvalue weighted by Crippen LogP contribution is -2.30. The minimum atomic E-state index is -0.817. The maximum Gasteiger partial charge on any atom is 0.308 e. The third kappa shape index (κ3) is 2.28. The monoisotopic (exact) mass is 265 g/mol. The minimum absolute atomic E-state index is 0.192. The first kappa shape index (κ1) is 12.8. The van der Waals surface area contributed by atoms with Crippen molar-refractivity contribution in [1.29, 1.82) is 0 Å². The molecule has 0 radical (unpaired) electrons. The van der Waals surface area contributed by atoms with Crippen molar-refractivity contribution in [2.24, 2.45) is 5.92 Å². The third-order valence-electron chi connectivity index (χ3n) is 3.03. The van der Waals surface area contributed by atoms with Gasteiger partial charge in [-0.25, -0.2) is 9.97 Å². The van der Waals surface area contributed by atoms with E-state index in [9.17, 15) is 4.79 Å². The molecule has 2 N–H and O–H groups in total. The molecule has 2 aromatic heterocycles. The van der Waals surface area contributed by atoms with Crippen LogP contribution in [0.3, 0.4) is 0 Å². The van der Waals surface area contributed by atoms with Crippen LogP contribution in [-0.2, 0) is 4.79 Å². The molecule has 0 aliphatic rings. The number of nitrogens with one attached hydrogen (secondary N) is 1. The van der Waals surface area contributed by atoms with Crippen molar-refractivity contribution in [3.8, 4) is 0 Å². The van der Waals surface area contributed by atoms with Crippen molar-refractivity contribution >= 4 is 33.3 Å². The van der Waals surface area contributed by atoms with E-state index in [0.717, 1.165) is 15.8 Å². The van der Waals surface area contributed by atoms with Gasteiger partial charge in [-0.3, -0.25) is 4.79 Å². The number of carbonyl (C=O) groups is 1. The Hall–Kier alpha value is -1.69. The summed E-state index contributed by atoms with van der Waals surface area (Å²) in [4.78, 5) is 19.4. The summed E-state index contributed by atoms with van der Waals surface area (Å²) < 4.78 is 0.972. The number of aromatic nitrogens is 2. The second kappa shape index (κ2) is 4.89. The van der Waals surface area contributed by atoms with Gasteiger partial charge in [-0.05, 0) is 31.7 Å². The van der Waals surface area contributed by atoms with Crippen molar-refractivity contribution < 1.29 is 9.90 Å². The largest absolute Gasteiger partial charge is 0.481 e. The second-order valence-corrected chi connectivity index (χ2v) is 5.26. The molecule has 0 aliphatic carbocycles. The topological polar surface area (TPSA) is 75.1 Å². The number of aryl methyl sites for hydroxylation is 1. The average Bonchev–Trinajstić information content (AvgIpc) is 2.71.